The molecule has 0 spiro atoms. The lowest BCUT2D eigenvalue weighted by Gasteiger charge is -2.06. The fraction of sp³-hybridized carbons (Fsp3) is 0.0952. The molecule has 0 saturated heterocycles. The lowest BCUT2D eigenvalue weighted by molar-refractivity contribution is 1.31. The van der Waals surface area contributed by atoms with Gasteiger partial charge >= 0.3 is 0 Å². The summed E-state index contributed by atoms with van der Waals surface area (Å²) >= 11 is 0. The van der Waals surface area contributed by atoms with E-state index in [1.54, 1.807) is 0 Å². The van der Waals surface area contributed by atoms with Crippen molar-refractivity contribution in [3.05, 3.63) is 90.0 Å². The summed E-state index contributed by atoms with van der Waals surface area (Å²) < 4.78 is 0. The SMILES string of the molecule is C/C(=N/Nc1ccc(C)cc1)c1ccc(-c2ccccc2)cc1.Cl. The number of nitrogens with one attached hydrogen (secondary N) is 1. The summed E-state index contributed by atoms with van der Waals surface area (Å²) in [4.78, 5) is 0. The van der Waals surface area contributed by atoms with Gasteiger partial charge in [0.15, 0.2) is 0 Å². The minimum Gasteiger partial charge on any atom is -0.278 e. The fourth-order valence-corrected chi connectivity index (χ4v) is 2.38. The van der Waals surface area contributed by atoms with Gasteiger partial charge in [-0.2, -0.15) is 5.10 Å². The molecule has 0 fully saturated rings. The maximum atomic E-state index is 4.46. The van der Waals surface area contributed by atoms with Crippen molar-refractivity contribution < 1.29 is 0 Å². The zero-order chi connectivity index (χ0) is 16.1. The van der Waals surface area contributed by atoms with Gasteiger partial charge in [0.05, 0.1) is 11.4 Å². The number of hydrogen-bond acceptors (Lipinski definition) is 2. The summed E-state index contributed by atoms with van der Waals surface area (Å²) in [5, 5.41) is 4.46. The molecule has 0 unspecified atom stereocenters. The summed E-state index contributed by atoms with van der Waals surface area (Å²) in [5.41, 5.74) is 9.87. The van der Waals surface area contributed by atoms with Gasteiger partial charge in [-0.1, -0.05) is 72.3 Å². The van der Waals surface area contributed by atoms with Crippen LogP contribution in [0.4, 0.5) is 5.69 Å². The van der Waals surface area contributed by atoms with Crippen LogP contribution in [0.3, 0.4) is 0 Å². The second-order valence-electron chi connectivity index (χ2n) is 5.62. The van der Waals surface area contributed by atoms with Gasteiger partial charge in [-0.05, 0) is 42.7 Å². The predicted octanol–water partition coefficient (Wildman–Crippen LogP) is 5.92. The van der Waals surface area contributed by atoms with Gasteiger partial charge < -0.3 is 0 Å². The smallest absolute Gasteiger partial charge is 0.0648 e. The third-order valence-corrected chi connectivity index (χ3v) is 3.81. The zero-order valence-corrected chi connectivity index (χ0v) is 14.7. The molecule has 0 aromatic heterocycles. The molecule has 3 aromatic carbocycles. The molecule has 0 bridgehead atoms. The Morgan fingerprint density at radius 3 is 1.96 bits per heavy atom. The van der Waals surface area contributed by atoms with Crippen molar-refractivity contribution in [1.29, 1.82) is 0 Å². The molecule has 2 nitrogen and oxygen atoms in total. The summed E-state index contributed by atoms with van der Waals surface area (Å²) in [6, 6.07) is 27.1. The number of hydrazone groups is 1. The van der Waals surface area contributed by atoms with Crippen molar-refractivity contribution in [3.63, 3.8) is 0 Å². The molecule has 0 aliphatic rings. The Morgan fingerprint density at radius 2 is 1.33 bits per heavy atom. The molecule has 0 amide bonds. The van der Waals surface area contributed by atoms with E-state index in [2.05, 4.69) is 78.1 Å². The number of benzene rings is 3. The number of hydrogen-bond donors (Lipinski definition) is 1. The molecule has 0 aliphatic carbocycles. The van der Waals surface area contributed by atoms with Gasteiger partial charge in [-0.3, -0.25) is 5.43 Å². The molecule has 0 heterocycles. The molecule has 3 rings (SSSR count). The lowest BCUT2D eigenvalue weighted by Crippen LogP contribution is -1.99. The van der Waals surface area contributed by atoms with E-state index in [0.717, 1.165) is 17.0 Å². The topological polar surface area (TPSA) is 24.4 Å². The zero-order valence-electron chi connectivity index (χ0n) is 13.9. The summed E-state index contributed by atoms with van der Waals surface area (Å²) in [7, 11) is 0. The Hall–Kier alpha value is -2.58. The van der Waals surface area contributed by atoms with Crippen molar-refractivity contribution in [2.75, 3.05) is 5.43 Å². The van der Waals surface area contributed by atoms with Crippen LogP contribution >= 0.6 is 12.4 Å². The fourth-order valence-electron chi connectivity index (χ4n) is 2.38. The summed E-state index contributed by atoms with van der Waals surface area (Å²) in [6.45, 7) is 4.09. The largest absolute Gasteiger partial charge is 0.278 e. The quantitative estimate of drug-likeness (QED) is 0.464. The van der Waals surface area contributed by atoms with E-state index in [0.29, 0.717) is 0 Å². The van der Waals surface area contributed by atoms with Crippen LogP contribution in [0.15, 0.2) is 84.0 Å². The van der Waals surface area contributed by atoms with E-state index in [9.17, 15) is 0 Å². The highest BCUT2D eigenvalue weighted by Crippen LogP contribution is 2.19. The number of rotatable bonds is 4. The minimum atomic E-state index is 0. The van der Waals surface area contributed by atoms with Crippen molar-refractivity contribution >= 4 is 23.8 Å². The minimum absolute atomic E-state index is 0. The van der Waals surface area contributed by atoms with Crippen LogP contribution in [-0.2, 0) is 0 Å². The normalized spacial score (nSPS) is 10.8. The molecule has 3 aromatic rings. The third-order valence-electron chi connectivity index (χ3n) is 3.81. The monoisotopic (exact) mass is 336 g/mol. The molecule has 24 heavy (non-hydrogen) atoms. The molecule has 3 heteroatoms. The molecule has 0 aliphatic heterocycles. The maximum Gasteiger partial charge on any atom is 0.0648 e. The van der Waals surface area contributed by atoms with Crippen LogP contribution in [0, 0.1) is 6.92 Å². The van der Waals surface area contributed by atoms with Crippen LogP contribution in [0.1, 0.15) is 18.1 Å². The first kappa shape index (κ1) is 17.8. The van der Waals surface area contributed by atoms with Gasteiger partial charge in [-0.25, -0.2) is 0 Å². The van der Waals surface area contributed by atoms with Crippen molar-refractivity contribution in [3.8, 4) is 11.1 Å². The molecular formula is C21H21ClN2. The molecule has 122 valence electrons. The summed E-state index contributed by atoms with van der Waals surface area (Å²) in [5.74, 6) is 0. The Balaban J connectivity index is 0.00000208. The molecule has 0 saturated carbocycles. The van der Waals surface area contributed by atoms with E-state index in [-0.39, 0.29) is 12.4 Å². The standard InChI is InChI=1S/C21H20N2.ClH/c1-16-8-14-21(15-9-16)23-22-17(2)18-10-12-20(13-11-18)19-6-4-3-5-7-19;/h3-15,23H,1-2H3;1H/b22-17-;. The molecule has 0 radical (unpaired) electrons. The number of nitrogens with zero attached hydrogens (tertiary/aromatic N) is 1. The molecule has 1 N–H and O–H groups in total. The van der Waals surface area contributed by atoms with Crippen molar-refractivity contribution in [2.24, 2.45) is 5.10 Å². The highest BCUT2D eigenvalue weighted by molar-refractivity contribution is 5.99. The van der Waals surface area contributed by atoms with Gasteiger partial charge in [0.1, 0.15) is 0 Å². The maximum absolute atomic E-state index is 4.46. The lowest BCUT2D eigenvalue weighted by atomic mass is 10.0. The first-order valence-corrected chi connectivity index (χ1v) is 7.75. The van der Waals surface area contributed by atoms with E-state index in [4.69, 9.17) is 0 Å². The number of aryl methyl sites for hydroxylation is 1. The highest BCUT2D eigenvalue weighted by Gasteiger charge is 2.00. The van der Waals surface area contributed by atoms with E-state index < -0.39 is 0 Å². The van der Waals surface area contributed by atoms with Crippen LogP contribution in [0.5, 0.6) is 0 Å². The van der Waals surface area contributed by atoms with Gasteiger partial charge in [-0.15, -0.1) is 12.4 Å². The van der Waals surface area contributed by atoms with E-state index >= 15 is 0 Å². The van der Waals surface area contributed by atoms with Crippen molar-refractivity contribution in [1.82, 2.24) is 0 Å². The van der Waals surface area contributed by atoms with E-state index in [1.165, 1.54) is 16.7 Å². The van der Waals surface area contributed by atoms with Crippen LogP contribution in [-0.4, -0.2) is 5.71 Å². The first-order valence-electron chi connectivity index (χ1n) is 7.75. The number of anilines is 1. The molecule has 0 atom stereocenters. The average molecular weight is 337 g/mol. The highest BCUT2D eigenvalue weighted by atomic mass is 35.5. The Bertz CT molecular complexity index is 792. The second kappa shape index (κ2) is 8.32. The van der Waals surface area contributed by atoms with Crippen LogP contribution < -0.4 is 5.43 Å². The first-order chi connectivity index (χ1) is 11.2. The number of halogens is 1. The van der Waals surface area contributed by atoms with Crippen LogP contribution in [0.2, 0.25) is 0 Å². The Labute approximate surface area is 149 Å². The van der Waals surface area contributed by atoms with Crippen LogP contribution in [0.25, 0.3) is 11.1 Å². The Morgan fingerprint density at radius 1 is 0.750 bits per heavy atom. The van der Waals surface area contributed by atoms with Gasteiger partial charge in [0, 0.05) is 0 Å². The average Bonchev–Trinajstić information content (AvgIpc) is 2.62. The van der Waals surface area contributed by atoms with Gasteiger partial charge in [0.25, 0.3) is 0 Å². The van der Waals surface area contributed by atoms with E-state index in [1.807, 2.05) is 25.1 Å². The molecular weight excluding hydrogens is 316 g/mol. The predicted molar refractivity (Wildman–Crippen MR) is 106 cm³/mol. The summed E-state index contributed by atoms with van der Waals surface area (Å²) in [6.07, 6.45) is 0. The van der Waals surface area contributed by atoms with Crippen molar-refractivity contribution in [2.45, 2.75) is 13.8 Å². The third kappa shape index (κ3) is 4.46. The Kier molecular flexibility index (Phi) is 6.16. The van der Waals surface area contributed by atoms with Gasteiger partial charge in [0.2, 0.25) is 0 Å². The second-order valence-corrected chi connectivity index (χ2v) is 5.62.